The first-order valence-electron chi connectivity index (χ1n) is 20.3. The third-order valence-electron chi connectivity index (χ3n) is 12.9. The number of methoxy groups -OCH3 is 1. The highest BCUT2D eigenvalue weighted by Gasteiger charge is 2.41. The molecule has 14 heteroatoms. The zero-order chi connectivity index (χ0) is 38.8. The molecule has 1 aromatic heterocycles. The van der Waals surface area contributed by atoms with E-state index in [2.05, 4.69) is 52.6 Å². The molecule has 8 rings (SSSR count). The summed E-state index contributed by atoms with van der Waals surface area (Å²) in [7, 11) is 3.45. The minimum Gasteiger partial charge on any atom is -0.507 e. The standard InChI is InChI=1S/C42H55N9O5/c1-43-40(54)36(7-5-21-52)51-26-30-22-31(9-10-33(30)41(51)55)49-15-11-29(12-16-49)25-47-17-13-42(56-2,14-18-47)28-48-19-20-50-32(27-48)24-44-39-37(50)23-35(45-46-39)34-6-3-4-8-38(34)53/h3-4,6,8-10,21-23,29,32,36,53H,5,7,11-20,24-28H2,1-2H3,(H,43,54)(H,44,46). The third kappa shape index (κ3) is 7.66. The number of ether oxygens (including phenoxy) is 1. The Hall–Kier alpha value is -4.79. The molecule has 6 heterocycles. The maximum atomic E-state index is 13.3. The van der Waals surface area contributed by atoms with E-state index in [4.69, 9.17) is 4.74 Å². The number of carbonyl (C=O) groups excluding carboxylic acids is 3. The second kappa shape index (κ2) is 16.4. The van der Waals surface area contributed by atoms with Crippen LogP contribution >= 0.6 is 0 Å². The number of hydrogen-bond acceptors (Lipinski definition) is 12. The average Bonchev–Trinajstić information content (AvgIpc) is 3.56. The van der Waals surface area contributed by atoms with Gasteiger partial charge in [-0.05, 0) is 80.0 Å². The molecular formula is C42H55N9O5. The zero-order valence-corrected chi connectivity index (χ0v) is 32.7. The predicted octanol–water partition coefficient (Wildman–Crippen LogP) is 3.21. The van der Waals surface area contributed by atoms with Crippen LogP contribution in [0.1, 0.15) is 54.4 Å². The summed E-state index contributed by atoms with van der Waals surface area (Å²) in [5.41, 5.74) is 4.99. The largest absolute Gasteiger partial charge is 0.507 e. The highest BCUT2D eigenvalue weighted by Crippen LogP contribution is 2.37. The van der Waals surface area contributed by atoms with Gasteiger partial charge in [-0.15, -0.1) is 10.2 Å². The summed E-state index contributed by atoms with van der Waals surface area (Å²) >= 11 is 0. The van der Waals surface area contributed by atoms with Gasteiger partial charge in [0.15, 0.2) is 5.82 Å². The molecule has 14 nitrogen and oxygen atoms in total. The van der Waals surface area contributed by atoms with Crippen molar-refractivity contribution in [2.45, 2.75) is 62.8 Å². The lowest BCUT2D eigenvalue weighted by Crippen LogP contribution is -2.61. The van der Waals surface area contributed by atoms with Gasteiger partial charge < -0.3 is 44.9 Å². The molecule has 56 heavy (non-hydrogen) atoms. The van der Waals surface area contributed by atoms with E-state index in [1.807, 2.05) is 37.4 Å². The predicted molar refractivity (Wildman–Crippen MR) is 215 cm³/mol. The third-order valence-corrected chi connectivity index (χ3v) is 12.9. The molecule has 0 radical (unpaired) electrons. The average molecular weight is 766 g/mol. The van der Waals surface area contributed by atoms with E-state index >= 15 is 0 Å². The van der Waals surface area contributed by atoms with Gasteiger partial charge in [0.05, 0.1) is 23.0 Å². The number of aromatic nitrogens is 2. The minimum absolute atomic E-state index is 0.143. The van der Waals surface area contributed by atoms with Crippen LogP contribution in [-0.4, -0.2) is 145 Å². The lowest BCUT2D eigenvalue weighted by atomic mass is 9.88. The van der Waals surface area contributed by atoms with E-state index in [-0.39, 0.29) is 29.6 Å². The molecule has 5 aliphatic rings. The molecule has 0 aliphatic carbocycles. The fourth-order valence-corrected chi connectivity index (χ4v) is 9.63. The Morgan fingerprint density at radius 1 is 1.04 bits per heavy atom. The zero-order valence-electron chi connectivity index (χ0n) is 32.7. The molecule has 0 bridgehead atoms. The molecule has 5 aliphatic heterocycles. The Balaban J connectivity index is 0.809. The van der Waals surface area contributed by atoms with E-state index in [0.717, 1.165) is 120 Å². The Morgan fingerprint density at radius 3 is 2.59 bits per heavy atom. The van der Waals surface area contributed by atoms with Crippen LogP contribution in [0.2, 0.25) is 0 Å². The van der Waals surface area contributed by atoms with Crippen LogP contribution in [-0.2, 0) is 20.9 Å². The first kappa shape index (κ1) is 38.1. The highest BCUT2D eigenvalue weighted by atomic mass is 16.5. The summed E-state index contributed by atoms with van der Waals surface area (Å²) in [4.78, 5) is 48.6. The van der Waals surface area contributed by atoms with Crippen LogP contribution in [0.25, 0.3) is 11.3 Å². The van der Waals surface area contributed by atoms with E-state index in [1.54, 1.807) is 18.0 Å². The first-order chi connectivity index (χ1) is 27.3. The molecule has 3 N–H and O–H groups in total. The van der Waals surface area contributed by atoms with Gasteiger partial charge >= 0.3 is 0 Å². The maximum Gasteiger partial charge on any atom is 0.255 e. The molecule has 0 saturated carbocycles. The first-order valence-corrected chi connectivity index (χ1v) is 20.3. The number of benzene rings is 2. The van der Waals surface area contributed by atoms with Crippen molar-refractivity contribution in [2.75, 3.05) is 94.7 Å². The summed E-state index contributed by atoms with van der Waals surface area (Å²) < 4.78 is 6.34. The lowest BCUT2D eigenvalue weighted by Gasteiger charge is -2.49. The quantitative estimate of drug-likeness (QED) is 0.233. The monoisotopic (exact) mass is 765 g/mol. The number of carbonyl (C=O) groups is 3. The van der Waals surface area contributed by atoms with Gasteiger partial charge in [-0.3, -0.25) is 14.5 Å². The van der Waals surface area contributed by atoms with Crippen LogP contribution in [0.4, 0.5) is 17.2 Å². The highest BCUT2D eigenvalue weighted by molar-refractivity contribution is 6.01. The van der Waals surface area contributed by atoms with Crippen molar-refractivity contribution in [3.05, 3.63) is 59.7 Å². The number of anilines is 3. The van der Waals surface area contributed by atoms with E-state index in [0.29, 0.717) is 41.7 Å². The van der Waals surface area contributed by atoms with Crippen LogP contribution in [0.5, 0.6) is 5.75 Å². The topological polar surface area (TPSA) is 147 Å². The van der Waals surface area contributed by atoms with Crippen LogP contribution < -0.4 is 20.4 Å². The van der Waals surface area contributed by atoms with Crippen LogP contribution in [0, 0.1) is 5.92 Å². The summed E-state index contributed by atoms with van der Waals surface area (Å²) in [6, 6.07) is 15.1. The SMILES string of the molecule is CNC(=O)C(CCC=O)N1Cc2cc(N3CCC(CN4CCC(CN5CCN6c7cc(-c8ccccc8O)nnc7NCC6C5)(OC)CC4)CC3)ccc2C1=O. The number of phenolic OH excluding ortho intramolecular Hbond substituents is 1. The van der Waals surface area contributed by atoms with Crippen LogP contribution in [0.15, 0.2) is 48.5 Å². The van der Waals surface area contributed by atoms with Crippen molar-refractivity contribution >= 4 is 35.3 Å². The van der Waals surface area contributed by atoms with Gasteiger partial charge in [-0.1, -0.05) is 12.1 Å². The Bertz CT molecular complexity index is 1910. The summed E-state index contributed by atoms with van der Waals surface area (Å²) in [5, 5.41) is 25.5. The number of piperidine rings is 2. The molecule has 0 spiro atoms. The maximum absolute atomic E-state index is 13.3. The van der Waals surface area contributed by atoms with E-state index < -0.39 is 6.04 Å². The Kier molecular flexibility index (Phi) is 11.1. The number of aromatic hydroxyl groups is 1. The fraction of sp³-hybridized carbons (Fsp3) is 0.548. The number of likely N-dealkylation sites (N-methyl/N-ethyl adjacent to an activating group) is 1. The van der Waals surface area contributed by atoms with E-state index in [9.17, 15) is 19.5 Å². The second-order valence-electron chi connectivity index (χ2n) is 16.2. The van der Waals surface area contributed by atoms with Crippen molar-refractivity contribution in [3.63, 3.8) is 0 Å². The number of nitrogens with zero attached hydrogens (tertiary/aromatic N) is 7. The van der Waals surface area contributed by atoms with Crippen molar-refractivity contribution in [2.24, 2.45) is 5.92 Å². The van der Waals surface area contributed by atoms with Gasteiger partial charge in [0.1, 0.15) is 18.1 Å². The number of hydrogen-bond donors (Lipinski definition) is 3. The Labute approximate surface area is 329 Å². The van der Waals surface area contributed by atoms with Crippen molar-refractivity contribution in [1.82, 2.24) is 30.2 Å². The molecule has 2 unspecified atom stereocenters. The number of phenols is 1. The molecule has 3 aromatic rings. The van der Waals surface area contributed by atoms with Crippen molar-refractivity contribution in [1.29, 1.82) is 0 Å². The van der Waals surface area contributed by atoms with Gasteiger partial charge in [0, 0.05) is 109 Å². The molecule has 2 amide bonds. The minimum atomic E-state index is -0.652. The Morgan fingerprint density at radius 2 is 1.84 bits per heavy atom. The molecule has 2 atom stereocenters. The number of fused-ring (bicyclic) bond motifs is 4. The van der Waals surface area contributed by atoms with E-state index in [1.165, 1.54) is 0 Å². The van der Waals surface area contributed by atoms with Crippen molar-refractivity contribution < 1.29 is 24.2 Å². The smallest absolute Gasteiger partial charge is 0.255 e. The number of aldehydes is 1. The molecule has 298 valence electrons. The van der Waals surface area contributed by atoms with Gasteiger partial charge in [-0.2, -0.15) is 0 Å². The fourth-order valence-electron chi connectivity index (χ4n) is 9.63. The molecule has 2 aromatic carbocycles. The number of piperazine rings is 1. The molecular weight excluding hydrogens is 711 g/mol. The molecule has 3 saturated heterocycles. The van der Waals surface area contributed by atoms with Gasteiger partial charge in [0.25, 0.3) is 5.91 Å². The number of amides is 2. The van der Waals surface area contributed by atoms with Crippen LogP contribution in [0.3, 0.4) is 0 Å². The normalized spacial score (nSPS) is 21.9. The summed E-state index contributed by atoms with van der Waals surface area (Å²) in [6.45, 7) is 10.1. The molecule has 3 fully saturated rings. The number of para-hydroxylation sites is 1. The number of likely N-dealkylation sites (tertiary alicyclic amines) is 1. The number of nitrogens with one attached hydrogen (secondary N) is 2. The summed E-state index contributed by atoms with van der Waals surface area (Å²) in [5.74, 6) is 1.27. The van der Waals surface area contributed by atoms with Gasteiger partial charge in [-0.25, -0.2) is 0 Å². The van der Waals surface area contributed by atoms with Gasteiger partial charge in [0.2, 0.25) is 5.91 Å². The second-order valence-corrected chi connectivity index (χ2v) is 16.2. The lowest BCUT2D eigenvalue weighted by molar-refractivity contribution is -0.125. The summed E-state index contributed by atoms with van der Waals surface area (Å²) in [6.07, 6.45) is 5.65. The van der Waals surface area contributed by atoms with Crippen molar-refractivity contribution in [3.8, 4) is 17.0 Å². The number of rotatable bonds is 12.